The monoisotopic (exact) mass is 468 g/mol. The fourth-order valence-electron chi connectivity index (χ4n) is 4.32. The van der Waals surface area contributed by atoms with Gasteiger partial charge in [0.15, 0.2) is 0 Å². The van der Waals surface area contributed by atoms with Crippen LogP contribution in [-0.2, 0) is 4.79 Å². The molecule has 8 nitrogen and oxygen atoms in total. The number of aliphatic hydroxyl groups excluding tert-OH is 1. The van der Waals surface area contributed by atoms with Crippen molar-refractivity contribution in [2.75, 3.05) is 30.4 Å². The standard InChI is InChI=1S/C24H28N4O4S/c1-28(24(32)15-6-3-2-4-7-15)16-9-10-17-18(14-16)26-21(20(17)23(31)25-11-12-29)27-22(30)19-8-5-13-33-19/h5,8-10,13-15,26,29H,2-4,6-7,11-12H2,1H3,(H,25,31)(H,27,30). The van der Waals surface area contributed by atoms with Crippen LogP contribution < -0.4 is 15.5 Å². The fraction of sp³-hybridized carbons (Fsp3) is 0.375. The Kier molecular flexibility index (Phi) is 7.10. The number of aromatic amines is 1. The Morgan fingerprint density at radius 3 is 2.64 bits per heavy atom. The first kappa shape index (κ1) is 23.0. The molecule has 0 radical (unpaired) electrons. The predicted octanol–water partition coefficient (Wildman–Crippen LogP) is 3.75. The SMILES string of the molecule is CN(C(=O)C1CCCCC1)c1ccc2c(C(=O)NCCO)c(NC(=O)c3cccs3)[nH]c2c1. The zero-order valence-corrected chi connectivity index (χ0v) is 19.3. The molecule has 33 heavy (non-hydrogen) atoms. The second-order valence-corrected chi connectivity index (χ2v) is 9.20. The minimum absolute atomic E-state index is 0.0450. The van der Waals surface area contributed by atoms with Crippen LogP contribution in [-0.4, -0.2) is 48.0 Å². The second-order valence-electron chi connectivity index (χ2n) is 8.25. The van der Waals surface area contributed by atoms with E-state index in [4.69, 9.17) is 5.11 Å². The molecule has 1 aromatic carbocycles. The summed E-state index contributed by atoms with van der Waals surface area (Å²) in [6.07, 6.45) is 5.19. The van der Waals surface area contributed by atoms with Gasteiger partial charge in [0.25, 0.3) is 11.8 Å². The Bertz CT molecular complexity index is 1150. The molecule has 3 aromatic rings. The molecule has 0 unspecified atom stereocenters. The van der Waals surface area contributed by atoms with E-state index in [2.05, 4.69) is 15.6 Å². The first-order valence-electron chi connectivity index (χ1n) is 11.2. The van der Waals surface area contributed by atoms with Crippen molar-refractivity contribution in [3.05, 3.63) is 46.2 Å². The van der Waals surface area contributed by atoms with E-state index in [9.17, 15) is 14.4 Å². The van der Waals surface area contributed by atoms with Crippen LogP contribution in [0, 0.1) is 5.92 Å². The number of carbonyl (C=O) groups is 3. The summed E-state index contributed by atoms with van der Waals surface area (Å²) in [6, 6.07) is 8.90. The molecular formula is C24H28N4O4S. The average Bonchev–Trinajstić information content (AvgIpc) is 3.50. The smallest absolute Gasteiger partial charge is 0.266 e. The van der Waals surface area contributed by atoms with Gasteiger partial charge in [-0.2, -0.15) is 0 Å². The van der Waals surface area contributed by atoms with Crippen molar-refractivity contribution in [1.82, 2.24) is 10.3 Å². The topological polar surface area (TPSA) is 115 Å². The molecule has 1 aliphatic rings. The largest absolute Gasteiger partial charge is 0.395 e. The Morgan fingerprint density at radius 1 is 1.15 bits per heavy atom. The minimum Gasteiger partial charge on any atom is -0.395 e. The molecule has 0 bridgehead atoms. The predicted molar refractivity (Wildman–Crippen MR) is 130 cm³/mol. The second kappa shape index (κ2) is 10.2. The summed E-state index contributed by atoms with van der Waals surface area (Å²) in [7, 11) is 1.77. The van der Waals surface area contributed by atoms with Crippen LogP contribution in [0.5, 0.6) is 0 Å². The highest BCUT2D eigenvalue weighted by atomic mass is 32.1. The number of fused-ring (bicyclic) bond motifs is 1. The molecule has 2 aromatic heterocycles. The third-order valence-electron chi connectivity index (χ3n) is 6.06. The molecule has 4 rings (SSSR count). The number of nitrogens with one attached hydrogen (secondary N) is 3. The van der Waals surface area contributed by atoms with Crippen LogP contribution >= 0.6 is 11.3 Å². The van der Waals surface area contributed by atoms with Crippen molar-refractivity contribution < 1.29 is 19.5 Å². The van der Waals surface area contributed by atoms with Crippen molar-refractivity contribution in [3.63, 3.8) is 0 Å². The lowest BCUT2D eigenvalue weighted by Crippen LogP contribution is -2.33. The van der Waals surface area contributed by atoms with E-state index in [1.54, 1.807) is 35.5 Å². The Balaban J connectivity index is 1.66. The number of anilines is 2. The van der Waals surface area contributed by atoms with Crippen LogP contribution in [0.2, 0.25) is 0 Å². The lowest BCUT2D eigenvalue weighted by Gasteiger charge is -2.26. The highest BCUT2D eigenvalue weighted by Gasteiger charge is 2.26. The van der Waals surface area contributed by atoms with Crippen molar-refractivity contribution in [2.24, 2.45) is 5.92 Å². The lowest BCUT2D eigenvalue weighted by molar-refractivity contribution is -0.123. The van der Waals surface area contributed by atoms with E-state index in [0.29, 0.717) is 15.8 Å². The maximum atomic E-state index is 13.0. The van der Waals surface area contributed by atoms with Gasteiger partial charge in [0.1, 0.15) is 5.82 Å². The molecule has 0 spiro atoms. The summed E-state index contributed by atoms with van der Waals surface area (Å²) in [6.45, 7) is -0.0935. The van der Waals surface area contributed by atoms with E-state index in [-0.39, 0.29) is 42.3 Å². The van der Waals surface area contributed by atoms with Gasteiger partial charge in [-0.05, 0) is 42.5 Å². The van der Waals surface area contributed by atoms with Gasteiger partial charge >= 0.3 is 0 Å². The number of hydrogen-bond donors (Lipinski definition) is 4. The molecule has 2 heterocycles. The summed E-state index contributed by atoms with van der Waals surface area (Å²) in [5.74, 6) is -0.303. The van der Waals surface area contributed by atoms with Crippen LogP contribution in [0.25, 0.3) is 10.9 Å². The number of thiophene rings is 1. The number of aliphatic hydroxyl groups is 1. The normalized spacial score (nSPS) is 14.2. The van der Waals surface area contributed by atoms with Crippen molar-refractivity contribution in [2.45, 2.75) is 32.1 Å². The molecule has 0 aliphatic heterocycles. The summed E-state index contributed by atoms with van der Waals surface area (Å²) < 4.78 is 0. The van der Waals surface area contributed by atoms with E-state index in [1.165, 1.54) is 17.8 Å². The number of aromatic nitrogens is 1. The molecule has 1 fully saturated rings. The number of carbonyl (C=O) groups excluding carboxylic acids is 3. The van der Waals surface area contributed by atoms with Crippen molar-refractivity contribution >= 4 is 51.5 Å². The lowest BCUT2D eigenvalue weighted by atomic mass is 9.88. The number of benzene rings is 1. The van der Waals surface area contributed by atoms with Gasteiger partial charge in [0.05, 0.1) is 17.0 Å². The van der Waals surface area contributed by atoms with Gasteiger partial charge < -0.3 is 25.6 Å². The van der Waals surface area contributed by atoms with Crippen LogP contribution in [0.1, 0.15) is 52.1 Å². The zero-order valence-electron chi connectivity index (χ0n) is 18.5. The maximum Gasteiger partial charge on any atom is 0.266 e. The van der Waals surface area contributed by atoms with Crippen molar-refractivity contribution in [3.8, 4) is 0 Å². The maximum absolute atomic E-state index is 13.0. The Hall–Kier alpha value is -3.17. The highest BCUT2D eigenvalue weighted by molar-refractivity contribution is 7.12. The van der Waals surface area contributed by atoms with E-state index >= 15 is 0 Å². The molecule has 1 aliphatic carbocycles. The third-order valence-corrected chi connectivity index (χ3v) is 6.93. The molecule has 4 N–H and O–H groups in total. The molecule has 0 saturated heterocycles. The van der Waals surface area contributed by atoms with Gasteiger partial charge in [-0.25, -0.2) is 0 Å². The summed E-state index contributed by atoms with van der Waals surface area (Å²) in [4.78, 5) is 43.8. The van der Waals surface area contributed by atoms with E-state index < -0.39 is 5.91 Å². The average molecular weight is 469 g/mol. The number of nitrogens with zero attached hydrogens (tertiary/aromatic N) is 1. The Morgan fingerprint density at radius 2 is 1.94 bits per heavy atom. The quantitative estimate of drug-likeness (QED) is 0.423. The summed E-state index contributed by atoms with van der Waals surface area (Å²) in [5, 5.41) is 17.0. The molecule has 174 valence electrons. The van der Waals surface area contributed by atoms with Gasteiger partial charge in [0.2, 0.25) is 5.91 Å². The first-order chi connectivity index (χ1) is 16.0. The number of H-pyrrole nitrogens is 1. The van der Waals surface area contributed by atoms with Crippen LogP contribution in [0.4, 0.5) is 11.5 Å². The first-order valence-corrected chi connectivity index (χ1v) is 12.0. The number of hydrogen-bond acceptors (Lipinski definition) is 5. The molecule has 9 heteroatoms. The van der Waals surface area contributed by atoms with Crippen LogP contribution in [0.15, 0.2) is 35.7 Å². The number of amides is 3. The third kappa shape index (κ3) is 4.94. The van der Waals surface area contributed by atoms with E-state index in [0.717, 1.165) is 31.4 Å². The molecular weight excluding hydrogens is 440 g/mol. The van der Waals surface area contributed by atoms with Crippen LogP contribution in [0.3, 0.4) is 0 Å². The molecule has 3 amide bonds. The fourth-order valence-corrected chi connectivity index (χ4v) is 4.93. The molecule has 1 saturated carbocycles. The van der Waals surface area contributed by atoms with Gasteiger partial charge in [-0.3, -0.25) is 14.4 Å². The summed E-state index contributed by atoms with van der Waals surface area (Å²) >= 11 is 1.30. The van der Waals surface area contributed by atoms with Gasteiger partial charge in [-0.15, -0.1) is 11.3 Å². The zero-order chi connectivity index (χ0) is 23.4. The minimum atomic E-state index is -0.406. The van der Waals surface area contributed by atoms with Gasteiger partial charge in [-0.1, -0.05) is 25.3 Å². The van der Waals surface area contributed by atoms with Crippen molar-refractivity contribution in [1.29, 1.82) is 0 Å². The van der Waals surface area contributed by atoms with E-state index in [1.807, 2.05) is 12.1 Å². The van der Waals surface area contributed by atoms with Gasteiger partial charge in [0, 0.05) is 36.1 Å². The molecule has 0 atom stereocenters. The highest BCUT2D eigenvalue weighted by Crippen LogP contribution is 2.32. The Labute approximate surface area is 196 Å². The number of rotatable bonds is 7. The summed E-state index contributed by atoms with van der Waals surface area (Å²) in [5.41, 5.74) is 1.64.